The zero-order valence-electron chi connectivity index (χ0n) is 10.5. The van der Waals surface area contributed by atoms with Gasteiger partial charge >= 0.3 is 5.97 Å². The zero-order chi connectivity index (χ0) is 13.2. The minimum atomic E-state index is -1.04. The number of ether oxygens (including phenoxy) is 2. The molecule has 0 unspecified atom stereocenters. The molecule has 0 spiro atoms. The number of nitrogens with zero attached hydrogens (tertiary/aromatic N) is 1. The van der Waals surface area contributed by atoms with Crippen LogP contribution in [0.4, 0.5) is 0 Å². The van der Waals surface area contributed by atoms with Crippen molar-refractivity contribution in [2.75, 3.05) is 19.8 Å². The Hall–Kier alpha value is -1.88. The molecule has 1 aliphatic heterocycles. The van der Waals surface area contributed by atoms with Crippen LogP contribution in [0.15, 0.2) is 18.2 Å². The van der Waals surface area contributed by atoms with E-state index in [4.69, 9.17) is 14.6 Å². The van der Waals surface area contributed by atoms with E-state index < -0.39 is 5.97 Å². The molecule has 1 aromatic heterocycles. The highest BCUT2D eigenvalue weighted by atomic mass is 16.5. The van der Waals surface area contributed by atoms with Crippen molar-refractivity contribution in [3.8, 4) is 5.88 Å². The molecule has 0 amide bonds. The van der Waals surface area contributed by atoms with Crippen LogP contribution >= 0.6 is 0 Å². The maximum Gasteiger partial charge on any atom is 0.354 e. The van der Waals surface area contributed by atoms with E-state index in [9.17, 15) is 4.79 Å². The summed E-state index contributed by atoms with van der Waals surface area (Å²) in [6, 6.07) is 3.25. The first-order valence-corrected chi connectivity index (χ1v) is 6.38. The number of hydrogen-bond acceptors (Lipinski definition) is 4. The number of carboxylic acids is 1. The van der Waals surface area contributed by atoms with Gasteiger partial charge in [-0.15, -0.1) is 0 Å². The average molecular weight is 261 g/mol. The van der Waals surface area contributed by atoms with E-state index in [1.807, 2.05) is 6.08 Å². The van der Waals surface area contributed by atoms with Gasteiger partial charge in [0.2, 0.25) is 5.88 Å². The summed E-state index contributed by atoms with van der Waals surface area (Å²) in [5, 5.41) is 9.00. The molecule has 5 nitrogen and oxygen atoms in total. The topological polar surface area (TPSA) is 68.7 Å². The number of carboxylic acid groups (broad SMARTS) is 1. The number of aromatic nitrogens is 1. The Kier molecular flexibility index (Phi) is 3.21. The van der Waals surface area contributed by atoms with Gasteiger partial charge in [-0.05, 0) is 36.5 Å². The Morgan fingerprint density at radius 3 is 2.95 bits per heavy atom. The maximum absolute atomic E-state index is 11.0. The van der Waals surface area contributed by atoms with Gasteiger partial charge < -0.3 is 14.6 Å². The van der Waals surface area contributed by atoms with Crippen molar-refractivity contribution in [2.45, 2.75) is 12.8 Å². The van der Waals surface area contributed by atoms with Crippen molar-refractivity contribution < 1.29 is 19.4 Å². The van der Waals surface area contributed by atoms with Crippen LogP contribution in [0.2, 0.25) is 0 Å². The van der Waals surface area contributed by atoms with Crippen LogP contribution in [0.3, 0.4) is 0 Å². The summed E-state index contributed by atoms with van der Waals surface area (Å²) in [5.74, 6) is -0.0417. The molecule has 0 bridgehead atoms. The van der Waals surface area contributed by atoms with E-state index >= 15 is 0 Å². The van der Waals surface area contributed by atoms with Gasteiger partial charge in [-0.25, -0.2) is 9.78 Å². The fourth-order valence-electron chi connectivity index (χ4n) is 1.97. The average Bonchev–Trinajstić information content (AvgIpc) is 3.08. The van der Waals surface area contributed by atoms with Gasteiger partial charge in [0.15, 0.2) is 5.69 Å². The van der Waals surface area contributed by atoms with Crippen LogP contribution < -0.4 is 4.74 Å². The van der Waals surface area contributed by atoms with Crippen LogP contribution in [0.5, 0.6) is 5.88 Å². The second kappa shape index (κ2) is 5.01. The Bertz CT molecular complexity index is 534. The molecule has 1 N–H and O–H groups in total. The summed E-state index contributed by atoms with van der Waals surface area (Å²) >= 11 is 0. The quantitative estimate of drug-likeness (QED) is 0.877. The summed E-state index contributed by atoms with van der Waals surface area (Å²) in [6.07, 6.45) is 4.33. The third-order valence-electron chi connectivity index (χ3n) is 3.28. The lowest BCUT2D eigenvalue weighted by Gasteiger charge is -2.11. The Labute approximate surface area is 110 Å². The maximum atomic E-state index is 11.0. The largest absolute Gasteiger partial charge is 0.477 e. The molecule has 1 saturated carbocycles. The lowest BCUT2D eigenvalue weighted by Crippen LogP contribution is -2.08. The minimum Gasteiger partial charge on any atom is -0.477 e. The molecule has 0 aromatic carbocycles. The first-order valence-electron chi connectivity index (χ1n) is 6.38. The van der Waals surface area contributed by atoms with E-state index in [1.54, 1.807) is 6.07 Å². The first kappa shape index (κ1) is 12.2. The fourth-order valence-corrected chi connectivity index (χ4v) is 1.97. The van der Waals surface area contributed by atoms with E-state index in [2.05, 4.69) is 4.98 Å². The van der Waals surface area contributed by atoms with Crippen molar-refractivity contribution in [2.24, 2.45) is 5.92 Å². The smallest absolute Gasteiger partial charge is 0.354 e. The zero-order valence-corrected chi connectivity index (χ0v) is 10.5. The molecule has 1 aliphatic carbocycles. The SMILES string of the molecule is O=C(O)c1ccc(C2=CCOC2)c(OCC2CC2)n1. The highest BCUT2D eigenvalue weighted by molar-refractivity contribution is 5.86. The van der Waals surface area contributed by atoms with Crippen molar-refractivity contribution in [3.63, 3.8) is 0 Å². The summed E-state index contributed by atoms with van der Waals surface area (Å²) < 4.78 is 11.0. The van der Waals surface area contributed by atoms with Gasteiger partial charge in [0.25, 0.3) is 0 Å². The molecular weight excluding hydrogens is 246 g/mol. The van der Waals surface area contributed by atoms with Crippen LogP contribution in [0.1, 0.15) is 28.9 Å². The number of carbonyl (C=O) groups is 1. The van der Waals surface area contributed by atoms with Gasteiger partial charge in [-0.1, -0.05) is 6.08 Å². The molecule has 1 fully saturated rings. The minimum absolute atomic E-state index is 0.00839. The van der Waals surface area contributed by atoms with Crippen molar-refractivity contribution in [3.05, 3.63) is 29.5 Å². The predicted molar refractivity (Wildman–Crippen MR) is 68.2 cm³/mol. The molecular formula is C14H15NO4. The Morgan fingerprint density at radius 1 is 1.47 bits per heavy atom. The lowest BCUT2D eigenvalue weighted by atomic mass is 10.1. The molecule has 100 valence electrons. The molecule has 0 atom stereocenters. The van der Waals surface area contributed by atoms with Crippen LogP contribution in [0.25, 0.3) is 5.57 Å². The second-order valence-electron chi connectivity index (χ2n) is 4.85. The van der Waals surface area contributed by atoms with Crippen molar-refractivity contribution in [1.82, 2.24) is 4.98 Å². The number of pyridine rings is 1. The summed E-state index contributed by atoms with van der Waals surface area (Å²) in [6.45, 7) is 1.71. The molecule has 0 saturated heterocycles. The van der Waals surface area contributed by atoms with Gasteiger partial charge in [0.1, 0.15) is 0 Å². The van der Waals surface area contributed by atoms with Crippen molar-refractivity contribution >= 4 is 11.5 Å². The third kappa shape index (κ3) is 2.76. The predicted octanol–water partition coefficient (Wildman–Crippen LogP) is 1.98. The molecule has 1 aromatic rings. The van der Waals surface area contributed by atoms with Crippen molar-refractivity contribution in [1.29, 1.82) is 0 Å². The standard InChI is InChI=1S/C14H15NO4/c16-14(17)12-4-3-11(10-5-6-18-8-10)13(15-12)19-7-9-1-2-9/h3-5,9H,1-2,6-8H2,(H,16,17). The molecule has 0 radical (unpaired) electrons. The molecule has 5 heteroatoms. The Balaban J connectivity index is 1.89. The number of hydrogen-bond donors (Lipinski definition) is 1. The summed E-state index contributed by atoms with van der Waals surface area (Å²) in [7, 11) is 0. The highest BCUT2D eigenvalue weighted by Gasteiger charge is 2.24. The molecule has 2 heterocycles. The van der Waals surface area contributed by atoms with Gasteiger partial charge in [0.05, 0.1) is 19.8 Å². The number of aromatic carboxylic acids is 1. The number of rotatable bonds is 5. The summed E-state index contributed by atoms with van der Waals surface area (Å²) in [4.78, 5) is 15.1. The van der Waals surface area contributed by atoms with Gasteiger partial charge in [-0.3, -0.25) is 0 Å². The first-order chi connectivity index (χ1) is 9.24. The lowest BCUT2D eigenvalue weighted by molar-refractivity contribution is 0.0689. The van der Waals surface area contributed by atoms with Gasteiger partial charge in [0, 0.05) is 5.56 Å². The molecule has 2 aliphatic rings. The molecule has 3 rings (SSSR count). The highest BCUT2D eigenvalue weighted by Crippen LogP contribution is 2.32. The monoisotopic (exact) mass is 261 g/mol. The van der Waals surface area contributed by atoms with Crippen LogP contribution in [-0.2, 0) is 4.74 Å². The van der Waals surface area contributed by atoms with E-state index in [0.717, 1.165) is 11.1 Å². The van der Waals surface area contributed by atoms with Crippen LogP contribution in [0, 0.1) is 5.92 Å². The Morgan fingerprint density at radius 2 is 2.32 bits per heavy atom. The van der Waals surface area contributed by atoms with E-state index in [-0.39, 0.29) is 5.69 Å². The van der Waals surface area contributed by atoms with Crippen LogP contribution in [-0.4, -0.2) is 35.9 Å². The van der Waals surface area contributed by atoms with E-state index in [0.29, 0.717) is 31.6 Å². The third-order valence-corrected chi connectivity index (χ3v) is 3.28. The second-order valence-corrected chi connectivity index (χ2v) is 4.85. The molecule has 19 heavy (non-hydrogen) atoms. The summed E-state index contributed by atoms with van der Waals surface area (Å²) in [5.41, 5.74) is 1.85. The fraction of sp³-hybridized carbons (Fsp3) is 0.429. The van der Waals surface area contributed by atoms with Gasteiger partial charge in [-0.2, -0.15) is 0 Å². The van der Waals surface area contributed by atoms with E-state index in [1.165, 1.54) is 18.9 Å². The normalized spacial score (nSPS) is 18.2.